The minimum absolute atomic E-state index is 0.0526. The Morgan fingerprint density at radius 2 is 2.08 bits per heavy atom. The lowest BCUT2D eigenvalue weighted by Crippen LogP contribution is -2.50. The highest BCUT2D eigenvalue weighted by molar-refractivity contribution is 5.68. The predicted octanol–water partition coefficient (Wildman–Crippen LogP) is 3.03. The summed E-state index contributed by atoms with van der Waals surface area (Å²) in [6, 6.07) is 1.96. The van der Waals surface area contributed by atoms with Gasteiger partial charge in [-0.1, -0.05) is 0 Å². The third-order valence-corrected chi connectivity index (χ3v) is 4.34. The molecule has 2 heterocycles. The lowest BCUT2D eigenvalue weighted by atomic mass is 9.79. The van der Waals surface area contributed by atoms with E-state index in [-0.39, 0.29) is 11.5 Å². The van der Waals surface area contributed by atoms with E-state index in [4.69, 9.17) is 13.9 Å². The SMILES string of the molecule is COCC1(CNCc2ccoc2)CCN(C(=O)OC(C)(C)C)CC1. The van der Waals surface area contributed by atoms with Gasteiger partial charge in [-0.05, 0) is 39.7 Å². The zero-order valence-corrected chi connectivity index (χ0v) is 15.3. The fourth-order valence-electron chi connectivity index (χ4n) is 3.03. The van der Waals surface area contributed by atoms with Crippen molar-refractivity contribution >= 4 is 6.09 Å². The summed E-state index contributed by atoms with van der Waals surface area (Å²) in [4.78, 5) is 14.0. The highest BCUT2D eigenvalue weighted by Crippen LogP contribution is 2.32. The molecular weight excluding hydrogens is 308 g/mol. The second-order valence-corrected chi connectivity index (χ2v) is 7.64. The molecule has 1 saturated heterocycles. The first-order valence-corrected chi connectivity index (χ1v) is 8.52. The molecule has 0 radical (unpaired) electrons. The first-order valence-electron chi connectivity index (χ1n) is 8.52. The van der Waals surface area contributed by atoms with E-state index in [1.807, 2.05) is 26.8 Å². The van der Waals surface area contributed by atoms with Gasteiger partial charge in [-0.25, -0.2) is 4.79 Å². The van der Waals surface area contributed by atoms with Crippen molar-refractivity contribution in [3.05, 3.63) is 24.2 Å². The fourth-order valence-corrected chi connectivity index (χ4v) is 3.03. The Morgan fingerprint density at radius 3 is 2.62 bits per heavy atom. The van der Waals surface area contributed by atoms with Crippen LogP contribution >= 0.6 is 0 Å². The number of rotatable bonds is 6. The predicted molar refractivity (Wildman–Crippen MR) is 91.8 cm³/mol. The van der Waals surface area contributed by atoms with Crippen molar-refractivity contribution in [2.45, 2.75) is 45.8 Å². The van der Waals surface area contributed by atoms with Crippen molar-refractivity contribution in [1.82, 2.24) is 10.2 Å². The molecule has 0 saturated carbocycles. The summed E-state index contributed by atoms with van der Waals surface area (Å²) in [6.45, 7) is 9.40. The van der Waals surface area contributed by atoms with E-state index in [9.17, 15) is 4.79 Å². The molecule has 1 aliphatic rings. The molecule has 1 N–H and O–H groups in total. The maximum absolute atomic E-state index is 12.2. The Labute approximate surface area is 144 Å². The first-order chi connectivity index (χ1) is 11.3. The summed E-state index contributed by atoms with van der Waals surface area (Å²) in [5.74, 6) is 0. The maximum Gasteiger partial charge on any atom is 0.410 e. The molecular formula is C18H30N2O4. The lowest BCUT2D eigenvalue weighted by molar-refractivity contribution is -0.00662. The van der Waals surface area contributed by atoms with Gasteiger partial charge in [-0.3, -0.25) is 0 Å². The molecule has 0 atom stereocenters. The van der Waals surface area contributed by atoms with Crippen molar-refractivity contribution in [2.75, 3.05) is 33.4 Å². The average molecular weight is 338 g/mol. The van der Waals surface area contributed by atoms with Crippen LogP contribution in [0.15, 0.2) is 23.0 Å². The Kier molecular flexibility index (Phi) is 6.29. The molecule has 0 unspecified atom stereocenters. The fraction of sp³-hybridized carbons (Fsp3) is 0.722. The lowest BCUT2D eigenvalue weighted by Gasteiger charge is -2.41. The van der Waals surface area contributed by atoms with Gasteiger partial charge in [0.25, 0.3) is 0 Å². The summed E-state index contributed by atoms with van der Waals surface area (Å²) in [6.07, 6.45) is 5.01. The molecule has 0 aliphatic carbocycles. The molecule has 6 heteroatoms. The van der Waals surface area contributed by atoms with E-state index in [1.54, 1.807) is 24.5 Å². The van der Waals surface area contributed by atoms with Crippen LogP contribution in [0.25, 0.3) is 0 Å². The summed E-state index contributed by atoms with van der Waals surface area (Å²) in [5.41, 5.74) is 0.732. The number of nitrogens with one attached hydrogen (secondary N) is 1. The Hall–Kier alpha value is -1.53. The Balaban J connectivity index is 1.84. The molecule has 1 amide bonds. The van der Waals surface area contributed by atoms with Crippen LogP contribution in [-0.2, 0) is 16.0 Å². The molecule has 24 heavy (non-hydrogen) atoms. The Bertz CT molecular complexity index is 500. The second kappa shape index (κ2) is 8.03. The van der Waals surface area contributed by atoms with Crippen LogP contribution in [0.1, 0.15) is 39.2 Å². The monoisotopic (exact) mass is 338 g/mol. The van der Waals surface area contributed by atoms with Crippen molar-refractivity contribution in [3.8, 4) is 0 Å². The number of nitrogens with zero attached hydrogens (tertiary/aromatic N) is 1. The average Bonchev–Trinajstić information content (AvgIpc) is 3.00. The number of furan rings is 1. The largest absolute Gasteiger partial charge is 0.472 e. The van der Waals surface area contributed by atoms with Crippen molar-refractivity contribution in [3.63, 3.8) is 0 Å². The number of amides is 1. The minimum Gasteiger partial charge on any atom is -0.472 e. The van der Waals surface area contributed by atoms with Gasteiger partial charge in [0.05, 0.1) is 19.1 Å². The van der Waals surface area contributed by atoms with E-state index in [2.05, 4.69) is 5.32 Å². The van der Waals surface area contributed by atoms with Gasteiger partial charge in [0, 0.05) is 44.3 Å². The van der Waals surface area contributed by atoms with Crippen molar-refractivity contribution in [1.29, 1.82) is 0 Å². The van der Waals surface area contributed by atoms with Crippen LogP contribution in [0.4, 0.5) is 4.79 Å². The molecule has 1 aromatic rings. The standard InChI is InChI=1S/C18H30N2O4/c1-17(2,3)24-16(21)20-8-6-18(7-9-20,14-22-4)13-19-11-15-5-10-23-12-15/h5,10,12,19H,6-9,11,13-14H2,1-4H3. The summed E-state index contributed by atoms with van der Waals surface area (Å²) >= 11 is 0. The second-order valence-electron chi connectivity index (χ2n) is 7.64. The molecule has 0 aromatic carbocycles. The van der Waals surface area contributed by atoms with E-state index in [1.165, 1.54) is 0 Å². The quantitative estimate of drug-likeness (QED) is 0.864. The molecule has 1 fully saturated rings. The molecule has 1 aliphatic heterocycles. The smallest absolute Gasteiger partial charge is 0.410 e. The van der Waals surface area contributed by atoms with Gasteiger partial charge < -0.3 is 24.1 Å². The highest BCUT2D eigenvalue weighted by Gasteiger charge is 2.37. The van der Waals surface area contributed by atoms with Crippen LogP contribution in [-0.4, -0.2) is 49.9 Å². The van der Waals surface area contributed by atoms with E-state index < -0.39 is 5.60 Å². The van der Waals surface area contributed by atoms with Crippen LogP contribution in [0, 0.1) is 5.41 Å². The van der Waals surface area contributed by atoms with Gasteiger partial charge in [-0.2, -0.15) is 0 Å². The van der Waals surface area contributed by atoms with Crippen LogP contribution in [0.5, 0.6) is 0 Å². The van der Waals surface area contributed by atoms with Crippen molar-refractivity contribution in [2.24, 2.45) is 5.41 Å². The zero-order chi connectivity index (χ0) is 17.6. The van der Waals surface area contributed by atoms with Crippen LogP contribution < -0.4 is 5.32 Å². The molecule has 136 valence electrons. The number of likely N-dealkylation sites (tertiary alicyclic amines) is 1. The summed E-state index contributed by atoms with van der Waals surface area (Å²) < 4.78 is 16.0. The molecule has 6 nitrogen and oxygen atoms in total. The molecule has 0 spiro atoms. The third-order valence-electron chi connectivity index (χ3n) is 4.34. The van der Waals surface area contributed by atoms with Crippen LogP contribution in [0.3, 0.4) is 0 Å². The number of hydrogen-bond acceptors (Lipinski definition) is 5. The maximum atomic E-state index is 12.2. The van der Waals surface area contributed by atoms with Gasteiger partial charge in [0.1, 0.15) is 5.60 Å². The summed E-state index contributed by atoms with van der Waals surface area (Å²) in [7, 11) is 1.73. The normalized spacial score (nSPS) is 17.8. The number of carbonyl (C=O) groups is 1. The molecule has 0 bridgehead atoms. The van der Waals surface area contributed by atoms with E-state index in [0.29, 0.717) is 19.7 Å². The minimum atomic E-state index is -0.454. The van der Waals surface area contributed by atoms with Gasteiger partial charge in [0.15, 0.2) is 0 Å². The molecule has 1 aromatic heterocycles. The first kappa shape index (κ1) is 18.8. The number of ether oxygens (including phenoxy) is 2. The number of methoxy groups -OCH3 is 1. The highest BCUT2D eigenvalue weighted by atomic mass is 16.6. The third kappa shape index (κ3) is 5.53. The van der Waals surface area contributed by atoms with Gasteiger partial charge in [0.2, 0.25) is 0 Å². The van der Waals surface area contributed by atoms with Crippen molar-refractivity contribution < 1.29 is 18.7 Å². The number of hydrogen-bond donors (Lipinski definition) is 1. The van der Waals surface area contributed by atoms with Crippen LogP contribution in [0.2, 0.25) is 0 Å². The van der Waals surface area contributed by atoms with Gasteiger partial charge in [-0.15, -0.1) is 0 Å². The van der Waals surface area contributed by atoms with Gasteiger partial charge >= 0.3 is 6.09 Å². The van der Waals surface area contributed by atoms with E-state index >= 15 is 0 Å². The summed E-state index contributed by atoms with van der Waals surface area (Å²) in [5, 5.41) is 3.49. The van der Waals surface area contributed by atoms with E-state index in [0.717, 1.165) is 31.5 Å². The number of piperidine rings is 1. The Morgan fingerprint density at radius 1 is 1.38 bits per heavy atom. The number of carbonyl (C=O) groups excluding carboxylic acids is 1. The zero-order valence-electron chi connectivity index (χ0n) is 15.3. The molecule has 2 rings (SSSR count). The topological polar surface area (TPSA) is 63.9 Å².